The Bertz CT molecular complexity index is 1010. The topological polar surface area (TPSA) is 93.7 Å². The Balaban J connectivity index is 1.51. The molecule has 1 amide bonds. The minimum absolute atomic E-state index is 0.0650. The standard InChI is InChI=1S/C22H26N2O5S/c1-28-19-8-11-21(29-2)17(15-19)13-14-23-22(25)12-5-16-3-9-20(10-4-16)30(26,27)24-18-6-7-18/h3-5,8-12,15,18,24H,6-7,13-14H2,1-2H3,(H,23,25). The molecule has 0 spiro atoms. The van der Waals surface area contributed by atoms with Crippen LogP contribution in [0.15, 0.2) is 53.4 Å². The maximum absolute atomic E-state index is 12.2. The second-order valence-corrected chi connectivity index (χ2v) is 8.73. The molecule has 2 aromatic carbocycles. The van der Waals surface area contributed by atoms with E-state index in [1.54, 1.807) is 32.4 Å². The maximum atomic E-state index is 12.2. The Morgan fingerprint density at radius 3 is 2.47 bits per heavy atom. The fourth-order valence-corrected chi connectivity index (χ4v) is 4.18. The van der Waals surface area contributed by atoms with Gasteiger partial charge < -0.3 is 14.8 Å². The van der Waals surface area contributed by atoms with E-state index in [-0.39, 0.29) is 16.8 Å². The van der Waals surface area contributed by atoms with E-state index in [1.165, 1.54) is 18.2 Å². The first-order chi connectivity index (χ1) is 14.4. The molecule has 0 radical (unpaired) electrons. The number of amides is 1. The quantitative estimate of drug-likeness (QED) is 0.565. The summed E-state index contributed by atoms with van der Waals surface area (Å²) in [5, 5.41) is 2.83. The average Bonchev–Trinajstić information content (AvgIpc) is 3.55. The van der Waals surface area contributed by atoms with Crippen LogP contribution in [-0.4, -0.2) is 41.1 Å². The van der Waals surface area contributed by atoms with E-state index in [2.05, 4.69) is 10.0 Å². The van der Waals surface area contributed by atoms with Gasteiger partial charge in [0.2, 0.25) is 15.9 Å². The van der Waals surface area contributed by atoms with Crippen LogP contribution in [0.4, 0.5) is 0 Å². The van der Waals surface area contributed by atoms with Crippen LogP contribution in [-0.2, 0) is 21.2 Å². The van der Waals surface area contributed by atoms with Gasteiger partial charge in [-0.15, -0.1) is 0 Å². The molecule has 1 fully saturated rings. The highest BCUT2D eigenvalue weighted by Crippen LogP contribution is 2.24. The third-order valence-electron chi connectivity index (χ3n) is 4.70. The van der Waals surface area contributed by atoms with Crippen molar-refractivity contribution < 1.29 is 22.7 Å². The molecule has 0 heterocycles. The van der Waals surface area contributed by atoms with Crippen LogP contribution in [0.5, 0.6) is 11.5 Å². The smallest absolute Gasteiger partial charge is 0.244 e. The lowest BCUT2D eigenvalue weighted by molar-refractivity contribution is -0.116. The maximum Gasteiger partial charge on any atom is 0.244 e. The van der Waals surface area contributed by atoms with Crippen LogP contribution >= 0.6 is 0 Å². The molecule has 2 N–H and O–H groups in total. The Morgan fingerprint density at radius 2 is 1.83 bits per heavy atom. The Labute approximate surface area is 177 Å². The zero-order chi connectivity index (χ0) is 21.6. The van der Waals surface area contributed by atoms with E-state index < -0.39 is 10.0 Å². The molecule has 1 aliphatic carbocycles. The Morgan fingerprint density at radius 1 is 1.10 bits per heavy atom. The van der Waals surface area contributed by atoms with Crippen LogP contribution in [0, 0.1) is 0 Å². The van der Waals surface area contributed by atoms with Crippen molar-refractivity contribution in [3.8, 4) is 11.5 Å². The summed E-state index contributed by atoms with van der Waals surface area (Å²) in [7, 11) is -0.264. The number of nitrogens with one attached hydrogen (secondary N) is 2. The van der Waals surface area contributed by atoms with Crippen molar-refractivity contribution >= 4 is 22.0 Å². The number of benzene rings is 2. The normalized spacial score (nSPS) is 13.9. The lowest BCUT2D eigenvalue weighted by Crippen LogP contribution is -2.25. The van der Waals surface area contributed by atoms with Crippen molar-refractivity contribution in [3.05, 3.63) is 59.7 Å². The summed E-state index contributed by atoms with van der Waals surface area (Å²) in [5.41, 5.74) is 1.68. The summed E-state index contributed by atoms with van der Waals surface area (Å²) < 4.78 is 37.5. The summed E-state index contributed by atoms with van der Waals surface area (Å²) in [6.45, 7) is 0.441. The molecule has 0 atom stereocenters. The van der Waals surface area contributed by atoms with Crippen molar-refractivity contribution in [1.29, 1.82) is 0 Å². The van der Waals surface area contributed by atoms with Gasteiger partial charge in [-0.25, -0.2) is 13.1 Å². The highest BCUT2D eigenvalue weighted by molar-refractivity contribution is 7.89. The highest BCUT2D eigenvalue weighted by atomic mass is 32.2. The molecule has 0 aliphatic heterocycles. The molecule has 0 aromatic heterocycles. The zero-order valence-corrected chi connectivity index (χ0v) is 17.9. The van der Waals surface area contributed by atoms with Crippen molar-refractivity contribution in [2.24, 2.45) is 0 Å². The number of hydrogen-bond acceptors (Lipinski definition) is 5. The highest BCUT2D eigenvalue weighted by Gasteiger charge is 2.27. The molecule has 1 aliphatic rings. The molecule has 8 heteroatoms. The van der Waals surface area contributed by atoms with E-state index in [4.69, 9.17) is 9.47 Å². The molecule has 2 aromatic rings. The third kappa shape index (κ3) is 6.08. The van der Waals surface area contributed by atoms with Gasteiger partial charge in [0.15, 0.2) is 0 Å². The summed E-state index contributed by atoms with van der Waals surface area (Å²) in [4.78, 5) is 12.3. The van der Waals surface area contributed by atoms with Gasteiger partial charge in [-0.3, -0.25) is 4.79 Å². The summed E-state index contributed by atoms with van der Waals surface area (Å²) in [6.07, 6.45) is 5.45. The number of methoxy groups -OCH3 is 2. The molecule has 0 bridgehead atoms. The van der Waals surface area contributed by atoms with Crippen LogP contribution in [0.25, 0.3) is 6.08 Å². The van der Waals surface area contributed by atoms with E-state index in [0.29, 0.717) is 13.0 Å². The van der Waals surface area contributed by atoms with Crippen LogP contribution in [0.2, 0.25) is 0 Å². The second kappa shape index (κ2) is 9.77. The lowest BCUT2D eigenvalue weighted by atomic mass is 10.1. The summed E-state index contributed by atoms with van der Waals surface area (Å²) in [6, 6.07) is 12.0. The van der Waals surface area contributed by atoms with E-state index >= 15 is 0 Å². The van der Waals surface area contributed by atoms with E-state index in [1.807, 2.05) is 18.2 Å². The van der Waals surface area contributed by atoms with Crippen molar-refractivity contribution in [1.82, 2.24) is 10.0 Å². The summed E-state index contributed by atoms with van der Waals surface area (Å²) in [5.74, 6) is 1.24. The summed E-state index contributed by atoms with van der Waals surface area (Å²) >= 11 is 0. The zero-order valence-electron chi connectivity index (χ0n) is 17.1. The van der Waals surface area contributed by atoms with Gasteiger partial charge in [0.05, 0.1) is 19.1 Å². The molecule has 30 heavy (non-hydrogen) atoms. The third-order valence-corrected chi connectivity index (χ3v) is 6.23. The number of ether oxygens (including phenoxy) is 2. The van der Waals surface area contributed by atoms with Gasteiger partial charge in [0.1, 0.15) is 11.5 Å². The molecular formula is C22H26N2O5S. The molecule has 1 saturated carbocycles. The molecular weight excluding hydrogens is 404 g/mol. The van der Waals surface area contributed by atoms with Gasteiger partial charge in [-0.05, 0) is 66.8 Å². The van der Waals surface area contributed by atoms with Gasteiger partial charge in [0, 0.05) is 18.7 Å². The van der Waals surface area contributed by atoms with Crippen molar-refractivity contribution in [3.63, 3.8) is 0 Å². The average molecular weight is 431 g/mol. The first-order valence-corrected chi connectivity index (χ1v) is 11.2. The molecule has 7 nitrogen and oxygen atoms in total. The lowest BCUT2D eigenvalue weighted by Gasteiger charge is -2.10. The van der Waals surface area contributed by atoms with Gasteiger partial charge in [0.25, 0.3) is 0 Å². The molecule has 0 unspecified atom stereocenters. The molecule has 160 valence electrons. The van der Waals surface area contributed by atoms with Crippen LogP contribution in [0.3, 0.4) is 0 Å². The number of carbonyl (C=O) groups excluding carboxylic acids is 1. The van der Waals surface area contributed by atoms with Gasteiger partial charge in [-0.1, -0.05) is 12.1 Å². The first kappa shape index (κ1) is 21.9. The Kier molecular flexibility index (Phi) is 7.12. The first-order valence-electron chi connectivity index (χ1n) is 9.70. The fourth-order valence-electron chi connectivity index (χ4n) is 2.88. The molecule has 3 rings (SSSR count). The Hall–Kier alpha value is -2.84. The van der Waals surface area contributed by atoms with E-state index in [0.717, 1.165) is 35.5 Å². The minimum Gasteiger partial charge on any atom is -0.497 e. The fraction of sp³-hybridized carbons (Fsp3) is 0.318. The minimum atomic E-state index is -3.47. The van der Waals surface area contributed by atoms with Crippen LogP contribution in [0.1, 0.15) is 24.0 Å². The SMILES string of the molecule is COc1ccc(OC)c(CCNC(=O)C=Cc2ccc(S(=O)(=O)NC3CC3)cc2)c1. The number of hydrogen-bond donors (Lipinski definition) is 2. The monoisotopic (exact) mass is 430 g/mol. The van der Waals surface area contributed by atoms with Crippen LogP contribution < -0.4 is 19.5 Å². The number of rotatable bonds is 10. The predicted molar refractivity (Wildman–Crippen MR) is 115 cm³/mol. The van der Waals surface area contributed by atoms with Gasteiger partial charge >= 0.3 is 0 Å². The largest absolute Gasteiger partial charge is 0.497 e. The molecule has 0 saturated heterocycles. The van der Waals surface area contributed by atoms with Crippen molar-refractivity contribution in [2.45, 2.75) is 30.2 Å². The number of carbonyl (C=O) groups is 1. The van der Waals surface area contributed by atoms with Crippen molar-refractivity contribution in [2.75, 3.05) is 20.8 Å². The predicted octanol–water partition coefficient (Wildman–Crippen LogP) is 2.52. The second-order valence-electron chi connectivity index (χ2n) is 7.02. The van der Waals surface area contributed by atoms with Gasteiger partial charge in [-0.2, -0.15) is 0 Å². The van der Waals surface area contributed by atoms with E-state index in [9.17, 15) is 13.2 Å². The number of sulfonamides is 1.